The topological polar surface area (TPSA) is 139 Å². The summed E-state index contributed by atoms with van der Waals surface area (Å²) in [5.41, 5.74) is 9.61. The lowest BCUT2D eigenvalue weighted by molar-refractivity contribution is -0.121. The van der Waals surface area contributed by atoms with Gasteiger partial charge >= 0.3 is 0 Å². The first kappa shape index (κ1) is 21.7. The van der Waals surface area contributed by atoms with Crippen molar-refractivity contribution in [2.45, 2.75) is 31.7 Å². The lowest BCUT2D eigenvalue weighted by Gasteiger charge is -2.27. The Morgan fingerprint density at radius 1 is 1.03 bits per heavy atom. The van der Waals surface area contributed by atoms with Crippen molar-refractivity contribution in [3.8, 4) is 11.4 Å². The molecule has 0 aliphatic heterocycles. The zero-order valence-corrected chi connectivity index (χ0v) is 18.5. The van der Waals surface area contributed by atoms with Crippen LogP contribution in [0, 0.1) is 5.92 Å². The number of anilines is 2. The lowest BCUT2D eigenvalue weighted by Crippen LogP contribution is -2.40. The number of aromatic nitrogens is 4. The van der Waals surface area contributed by atoms with Gasteiger partial charge in [0, 0.05) is 35.8 Å². The molecular weight excluding hydrogens is 430 g/mol. The van der Waals surface area contributed by atoms with Crippen molar-refractivity contribution >= 4 is 34.4 Å². The third-order valence-electron chi connectivity index (χ3n) is 6.11. The molecule has 172 valence electrons. The van der Waals surface area contributed by atoms with E-state index in [1.807, 2.05) is 24.3 Å². The predicted octanol–water partition coefficient (Wildman–Crippen LogP) is 3.73. The van der Waals surface area contributed by atoms with E-state index in [1.165, 1.54) is 6.20 Å². The van der Waals surface area contributed by atoms with Gasteiger partial charge in [-0.2, -0.15) is 0 Å². The Hall–Kier alpha value is -4.11. The Bertz CT molecular complexity index is 1320. The molecule has 5 N–H and O–H groups in total. The van der Waals surface area contributed by atoms with E-state index in [2.05, 4.69) is 30.6 Å². The first-order valence-electron chi connectivity index (χ1n) is 11.3. The highest BCUT2D eigenvalue weighted by Crippen LogP contribution is 2.26. The Morgan fingerprint density at radius 2 is 1.85 bits per heavy atom. The SMILES string of the molecule is NC1CCCCC1C(=O)Nc1cc2nc(-c3ccc(NC(=O)c4cccnc4)cc3)[nH]c2cn1. The van der Waals surface area contributed by atoms with Crippen LogP contribution in [0.3, 0.4) is 0 Å². The van der Waals surface area contributed by atoms with E-state index >= 15 is 0 Å². The number of nitrogens with one attached hydrogen (secondary N) is 3. The molecule has 2 atom stereocenters. The van der Waals surface area contributed by atoms with E-state index in [0.717, 1.165) is 36.8 Å². The maximum atomic E-state index is 12.6. The van der Waals surface area contributed by atoms with Crippen molar-refractivity contribution in [1.29, 1.82) is 0 Å². The van der Waals surface area contributed by atoms with E-state index in [0.29, 0.717) is 28.4 Å². The fourth-order valence-electron chi connectivity index (χ4n) is 4.23. The van der Waals surface area contributed by atoms with E-state index in [9.17, 15) is 9.59 Å². The minimum atomic E-state index is -0.223. The number of nitrogens with two attached hydrogens (primary N) is 1. The molecule has 1 aromatic carbocycles. The first-order chi connectivity index (χ1) is 16.6. The summed E-state index contributed by atoms with van der Waals surface area (Å²) >= 11 is 0. The minimum absolute atomic E-state index is 0.0845. The maximum absolute atomic E-state index is 12.6. The Kier molecular flexibility index (Phi) is 6.01. The van der Waals surface area contributed by atoms with Gasteiger partial charge in [0.05, 0.1) is 28.7 Å². The molecule has 9 heteroatoms. The van der Waals surface area contributed by atoms with Crippen LogP contribution >= 0.6 is 0 Å². The average Bonchev–Trinajstić information content (AvgIpc) is 3.29. The van der Waals surface area contributed by atoms with Crippen molar-refractivity contribution in [2.75, 3.05) is 10.6 Å². The molecule has 4 aromatic rings. The third-order valence-corrected chi connectivity index (χ3v) is 6.11. The van der Waals surface area contributed by atoms with Crippen LogP contribution in [0.1, 0.15) is 36.0 Å². The summed E-state index contributed by atoms with van der Waals surface area (Å²) in [6.45, 7) is 0. The molecule has 1 aliphatic carbocycles. The number of amides is 2. The van der Waals surface area contributed by atoms with Gasteiger partial charge in [0.25, 0.3) is 5.91 Å². The van der Waals surface area contributed by atoms with Crippen LogP contribution in [0.5, 0.6) is 0 Å². The van der Waals surface area contributed by atoms with Crippen LogP contribution in [0.4, 0.5) is 11.5 Å². The van der Waals surface area contributed by atoms with Crippen molar-refractivity contribution in [3.05, 3.63) is 66.6 Å². The van der Waals surface area contributed by atoms with Gasteiger partial charge in [-0.15, -0.1) is 0 Å². The zero-order chi connectivity index (χ0) is 23.5. The second-order valence-electron chi connectivity index (χ2n) is 8.49. The van der Waals surface area contributed by atoms with Gasteiger partial charge in [-0.05, 0) is 49.2 Å². The molecule has 2 unspecified atom stereocenters. The molecule has 0 spiro atoms. The van der Waals surface area contributed by atoms with Crippen LogP contribution in [0.2, 0.25) is 0 Å². The highest BCUT2D eigenvalue weighted by atomic mass is 16.2. The number of carbonyl (C=O) groups excluding carboxylic acids is 2. The van der Waals surface area contributed by atoms with Gasteiger partial charge in [-0.25, -0.2) is 9.97 Å². The number of hydrogen-bond donors (Lipinski definition) is 4. The van der Waals surface area contributed by atoms with E-state index in [-0.39, 0.29) is 23.8 Å². The van der Waals surface area contributed by atoms with Crippen LogP contribution in [-0.4, -0.2) is 37.8 Å². The van der Waals surface area contributed by atoms with E-state index in [1.54, 1.807) is 30.6 Å². The highest BCUT2D eigenvalue weighted by molar-refractivity contribution is 6.04. The van der Waals surface area contributed by atoms with Crippen LogP contribution in [0.15, 0.2) is 61.1 Å². The van der Waals surface area contributed by atoms with Gasteiger partial charge < -0.3 is 21.4 Å². The van der Waals surface area contributed by atoms with E-state index < -0.39 is 0 Å². The minimum Gasteiger partial charge on any atom is -0.337 e. The van der Waals surface area contributed by atoms with Gasteiger partial charge in [0.2, 0.25) is 5.91 Å². The maximum Gasteiger partial charge on any atom is 0.257 e. The predicted molar refractivity (Wildman–Crippen MR) is 130 cm³/mol. The largest absolute Gasteiger partial charge is 0.337 e. The van der Waals surface area contributed by atoms with Crippen LogP contribution < -0.4 is 16.4 Å². The van der Waals surface area contributed by atoms with Crippen molar-refractivity contribution < 1.29 is 9.59 Å². The van der Waals surface area contributed by atoms with Crippen molar-refractivity contribution in [3.63, 3.8) is 0 Å². The average molecular weight is 456 g/mol. The quantitative estimate of drug-likeness (QED) is 0.362. The number of pyridine rings is 2. The van der Waals surface area contributed by atoms with Gasteiger partial charge in [-0.1, -0.05) is 12.8 Å². The van der Waals surface area contributed by atoms with E-state index in [4.69, 9.17) is 5.73 Å². The first-order valence-corrected chi connectivity index (χ1v) is 11.3. The summed E-state index contributed by atoms with van der Waals surface area (Å²) in [4.78, 5) is 41.2. The van der Waals surface area contributed by atoms with Crippen molar-refractivity contribution in [1.82, 2.24) is 19.9 Å². The molecule has 0 radical (unpaired) electrons. The number of aromatic amines is 1. The summed E-state index contributed by atoms with van der Waals surface area (Å²) in [6, 6.07) is 12.4. The number of benzene rings is 1. The molecule has 5 rings (SSSR count). The number of imidazole rings is 1. The normalized spacial score (nSPS) is 17.9. The second kappa shape index (κ2) is 9.40. The molecule has 2 amide bonds. The summed E-state index contributed by atoms with van der Waals surface area (Å²) < 4.78 is 0. The molecule has 0 saturated heterocycles. The molecule has 1 saturated carbocycles. The Balaban J connectivity index is 1.28. The number of H-pyrrole nitrogens is 1. The molecule has 1 aliphatic rings. The van der Waals surface area contributed by atoms with Crippen molar-refractivity contribution in [2.24, 2.45) is 11.7 Å². The number of carbonyl (C=O) groups is 2. The van der Waals surface area contributed by atoms with Crippen LogP contribution in [0.25, 0.3) is 22.4 Å². The lowest BCUT2D eigenvalue weighted by atomic mass is 9.84. The summed E-state index contributed by atoms with van der Waals surface area (Å²) in [7, 11) is 0. The molecule has 9 nitrogen and oxygen atoms in total. The monoisotopic (exact) mass is 455 g/mol. The summed E-state index contributed by atoms with van der Waals surface area (Å²) in [6.07, 6.45) is 8.57. The molecular formula is C25H25N7O2. The molecule has 3 heterocycles. The van der Waals surface area contributed by atoms with Gasteiger partial charge in [0.1, 0.15) is 11.6 Å². The highest BCUT2D eigenvalue weighted by Gasteiger charge is 2.28. The Labute approximate surface area is 196 Å². The number of hydrogen-bond acceptors (Lipinski definition) is 6. The second-order valence-corrected chi connectivity index (χ2v) is 8.49. The fourth-order valence-corrected chi connectivity index (χ4v) is 4.23. The number of fused-ring (bicyclic) bond motifs is 1. The standard InChI is InChI=1S/C25H25N7O2/c26-19-6-2-1-5-18(19)25(34)32-22-12-20-21(14-28-22)31-23(30-20)15-7-9-17(10-8-15)29-24(33)16-4-3-11-27-13-16/h3-4,7-14,18-19H,1-2,5-6,26H2,(H,29,33)(H,30,31)(H,28,32,34). The molecule has 3 aromatic heterocycles. The van der Waals surface area contributed by atoms with Gasteiger partial charge in [0.15, 0.2) is 0 Å². The zero-order valence-electron chi connectivity index (χ0n) is 18.5. The summed E-state index contributed by atoms with van der Waals surface area (Å²) in [5, 5.41) is 5.74. The van der Waals surface area contributed by atoms with Gasteiger partial charge in [-0.3, -0.25) is 14.6 Å². The molecule has 0 bridgehead atoms. The van der Waals surface area contributed by atoms with Crippen LogP contribution in [-0.2, 0) is 4.79 Å². The molecule has 1 fully saturated rings. The number of nitrogens with zero attached hydrogens (tertiary/aromatic N) is 3. The molecule has 34 heavy (non-hydrogen) atoms. The Morgan fingerprint density at radius 3 is 2.62 bits per heavy atom. The fraction of sp³-hybridized carbons (Fsp3) is 0.240. The number of rotatable bonds is 5. The third kappa shape index (κ3) is 4.65. The smallest absolute Gasteiger partial charge is 0.257 e. The summed E-state index contributed by atoms with van der Waals surface area (Å²) in [5.74, 6) is 0.637.